The second-order valence-corrected chi connectivity index (χ2v) is 6.89. The van der Waals surface area contributed by atoms with Gasteiger partial charge in [-0.05, 0) is 56.5 Å². The summed E-state index contributed by atoms with van der Waals surface area (Å²) < 4.78 is 14.0. The largest absolute Gasteiger partial charge is 0.358 e. The van der Waals surface area contributed by atoms with Gasteiger partial charge in [-0.1, -0.05) is 18.2 Å². The molecule has 1 aliphatic carbocycles. The predicted molar refractivity (Wildman–Crippen MR) is 97.1 cm³/mol. The van der Waals surface area contributed by atoms with Crippen LogP contribution in [0.15, 0.2) is 42.5 Å². The number of carbonyl (C=O) groups excluding carboxylic acids is 1. The van der Waals surface area contributed by atoms with Gasteiger partial charge in [-0.2, -0.15) is 0 Å². The van der Waals surface area contributed by atoms with E-state index in [1.165, 1.54) is 6.07 Å². The Kier molecular flexibility index (Phi) is 3.83. The van der Waals surface area contributed by atoms with Crippen LogP contribution in [-0.2, 0) is 6.54 Å². The van der Waals surface area contributed by atoms with Gasteiger partial charge >= 0.3 is 0 Å². The third kappa shape index (κ3) is 2.93. The van der Waals surface area contributed by atoms with Crippen molar-refractivity contribution in [2.45, 2.75) is 39.3 Å². The van der Waals surface area contributed by atoms with Crippen LogP contribution in [-0.4, -0.2) is 21.8 Å². The van der Waals surface area contributed by atoms with Crippen molar-refractivity contribution in [1.29, 1.82) is 0 Å². The fourth-order valence-electron chi connectivity index (χ4n) is 3.32. The number of amides is 1. The van der Waals surface area contributed by atoms with Crippen molar-refractivity contribution >= 4 is 16.8 Å². The standard InChI is InChI=1S/C21H21FN2O/c1-13-14(2)23-20-10-7-15(11-18(13)20)21(25)24(17-8-9-17)12-16-5-3-4-6-19(16)22/h3-7,10-11,17,23H,8-9,12H2,1-2H3. The number of nitrogens with zero attached hydrogens (tertiary/aromatic N) is 1. The highest BCUT2D eigenvalue weighted by atomic mass is 19.1. The Bertz CT molecular complexity index is 956. The number of nitrogens with one attached hydrogen (secondary N) is 1. The molecule has 1 aromatic heterocycles. The smallest absolute Gasteiger partial charge is 0.254 e. The van der Waals surface area contributed by atoms with E-state index in [0.29, 0.717) is 17.7 Å². The molecule has 1 fully saturated rings. The van der Waals surface area contributed by atoms with Crippen LogP contribution >= 0.6 is 0 Å². The van der Waals surface area contributed by atoms with Crippen molar-refractivity contribution < 1.29 is 9.18 Å². The average molecular weight is 336 g/mol. The van der Waals surface area contributed by atoms with E-state index in [0.717, 1.165) is 35.0 Å². The van der Waals surface area contributed by atoms with Gasteiger partial charge in [-0.3, -0.25) is 4.79 Å². The fourth-order valence-corrected chi connectivity index (χ4v) is 3.32. The van der Waals surface area contributed by atoms with Gasteiger partial charge in [0.15, 0.2) is 0 Å². The topological polar surface area (TPSA) is 36.1 Å². The summed E-state index contributed by atoms with van der Waals surface area (Å²) in [5, 5.41) is 1.07. The van der Waals surface area contributed by atoms with Crippen LogP contribution in [0.25, 0.3) is 10.9 Å². The van der Waals surface area contributed by atoms with Gasteiger partial charge in [0.2, 0.25) is 0 Å². The Hall–Kier alpha value is -2.62. The first kappa shape index (κ1) is 15.9. The van der Waals surface area contributed by atoms with Crippen molar-refractivity contribution in [3.05, 3.63) is 70.7 Å². The summed E-state index contributed by atoms with van der Waals surface area (Å²) in [6.07, 6.45) is 1.98. The lowest BCUT2D eigenvalue weighted by atomic mass is 10.1. The lowest BCUT2D eigenvalue weighted by Gasteiger charge is -2.23. The average Bonchev–Trinajstić information content (AvgIpc) is 3.41. The molecular formula is C21H21FN2O. The van der Waals surface area contributed by atoms with Crippen molar-refractivity contribution in [3.63, 3.8) is 0 Å². The highest BCUT2D eigenvalue weighted by molar-refractivity contribution is 5.99. The normalized spacial score (nSPS) is 14.0. The third-order valence-corrected chi connectivity index (χ3v) is 5.10. The first-order valence-corrected chi connectivity index (χ1v) is 8.68. The first-order valence-electron chi connectivity index (χ1n) is 8.68. The maximum Gasteiger partial charge on any atom is 0.254 e. The Balaban J connectivity index is 1.67. The fraction of sp³-hybridized carbons (Fsp3) is 0.286. The van der Waals surface area contributed by atoms with E-state index < -0.39 is 0 Å². The molecule has 0 spiro atoms. The number of rotatable bonds is 4. The van der Waals surface area contributed by atoms with E-state index in [2.05, 4.69) is 11.9 Å². The number of benzene rings is 2. The van der Waals surface area contributed by atoms with E-state index >= 15 is 0 Å². The molecule has 1 N–H and O–H groups in total. The highest BCUT2D eigenvalue weighted by Crippen LogP contribution is 2.31. The molecule has 3 aromatic rings. The summed E-state index contributed by atoms with van der Waals surface area (Å²) >= 11 is 0. The van der Waals surface area contributed by atoms with Gasteiger partial charge in [0.25, 0.3) is 5.91 Å². The predicted octanol–water partition coefficient (Wildman–Crippen LogP) is 4.73. The number of fused-ring (bicyclic) bond motifs is 1. The van der Waals surface area contributed by atoms with E-state index in [9.17, 15) is 9.18 Å². The van der Waals surface area contributed by atoms with Crippen LogP contribution in [0, 0.1) is 19.7 Å². The molecule has 0 unspecified atom stereocenters. The van der Waals surface area contributed by atoms with E-state index in [-0.39, 0.29) is 17.8 Å². The quantitative estimate of drug-likeness (QED) is 0.735. The number of aromatic amines is 1. The summed E-state index contributed by atoms with van der Waals surface area (Å²) in [7, 11) is 0. The second kappa shape index (κ2) is 6.03. The molecule has 4 heteroatoms. The monoisotopic (exact) mass is 336 g/mol. The van der Waals surface area contributed by atoms with Crippen molar-refractivity contribution in [3.8, 4) is 0 Å². The van der Waals surface area contributed by atoms with Crippen LogP contribution < -0.4 is 0 Å². The molecule has 1 heterocycles. The molecule has 0 saturated heterocycles. The van der Waals surface area contributed by atoms with E-state index in [1.54, 1.807) is 12.1 Å². The van der Waals surface area contributed by atoms with Crippen LogP contribution in [0.2, 0.25) is 0 Å². The summed E-state index contributed by atoms with van der Waals surface area (Å²) in [5.41, 5.74) is 4.55. The molecule has 128 valence electrons. The molecule has 1 saturated carbocycles. The van der Waals surface area contributed by atoms with Gasteiger partial charge in [-0.15, -0.1) is 0 Å². The number of halogens is 1. The second-order valence-electron chi connectivity index (χ2n) is 6.89. The summed E-state index contributed by atoms with van der Waals surface area (Å²) in [4.78, 5) is 18.2. The molecule has 0 radical (unpaired) electrons. The minimum Gasteiger partial charge on any atom is -0.358 e. The van der Waals surface area contributed by atoms with Crippen molar-refractivity contribution in [1.82, 2.24) is 9.88 Å². The molecule has 1 amide bonds. The maximum absolute atomic E-state index is 14.0. The van der Waals surface area contributed by atoms with E-state index in [4.69, 9.17) is 0 Å². The Morgan fingerprint density at radius 3 is 2.68 bits per heavy atom. The lowest BCUT2D eigenvalue weighted by Crippen LogP contribution is -2.32. The lowest BCUT2D eigenvalue weighted by molar-refractivity contribution is 0.0728. The Morgan fingerprint density at radius 1 is 1.20 bits per heavy atom. The van der Waals surface area contributed by atoms with Crippen LogP contribution in [0.1, 0.15) is 40.0 Å². The minimum atomic E-state index is -0.256. The van der Waals surface area contributed by atoms with Gasteiger partial charge in [0.05, 0.1) is 0 Å². The number of hydrogen-bond donors (Lipinski definition) is 1. The van der Waals surface area contributed by atoms with Crippen LogP contribution in [0.5, 0.6) is 0 Å². The molecule has 3 nitrogen and oxygen atoms in total. The van der Waals surface area contributed by atoms with Gasteiger partial charge in [-0.25, -0.2) is 4.39 Å². The summed E-state index contributed by atoms with van der Waals surface area (Å²) in [5.74, 6) is -0.278. The molecule has 1 aliphatic rings. The summed E-state index contributed by atoms with van der Waals surface area (Å²) in [6.45, 7) is 4.41. The molecule has 0 bridgehead atoms. The van der Waals surface area contributed by atoms with Gasteiger partial charge < -0.3 is 9.88 Å². The van der Waals surface area contributed by atoms with E-state index in [1.807, 2.05) is 36.1 Å². The molecule has 0 atom stereocenters. The van der Waals surface area contributed by atoms with Crippen LogP contribution in [0.4, 0.5) is 4.39 Å². The minimum absolute atomic E-state index is 0.0223. The number of aryl methyl sites for hydroxylation is 2. The highest BCUT2D eigenvalue weighted by Gasteiger charge is 2.33. The Morgan fingerprint density at radius 2 is 1.96 bits per heavy atom. The number of carbonyl (C=O) groups is 1. The zero-order valence-corrected chi connectivity index (χ0v) is 14.5. The van der Waals surface area contributed by atoms with Gasteiger partial charge in [0, 0.05) is 40.3 Å². The maximum atomic E-state index is 14.0. The van der Waals surface area contributed by atoms with Crippen LogP contribution in [0.3, 0.4) is 0 Å². The molecule has 25 heavy (non-hydrogen) atoms. The number of hydrogen-bond acceptors (Lipinski definition) is 1. The van der Waals surface area contributed by atoms with Crippen molar-refractivity contribution in [2.24, 2.45) is 0 Å². The SMILES string of the molecule is Cc1[nH]c2ccc(C(=O)N(Cc3ccccc3F)C3CC3)cc2c1C. The van der Waals surface area contributed by atoms with Gasteiger partial charge in [0.1, 0.15) is 5.82 Å². The molecule has 4 rings (SSSR count). The zero-order valence-electron chi connectivity index (χ0n) is 14.5. The number of aromatic nitrogens is 1. The zero-order chi connectivity index (χ0) is 17.6. The van der Waals surface area contributed by atoms with Crippen molar-refractivity contribution in [2.75, 3.05) is 0 Å². The number of H-pyrrole nitrogens is 1. The molecule has 2 aromatic carbocycles. The Labute approximate surface area is 146 Å². The first-order chi connectivity index (χ1) is 12.0. The molecular weight excluding hydrogens is 315 g/mol. The molecule has 0 aliphatic heterocycles. The third-order valence-electron chi connectivity index (χ3n) is 5.10. The summed E-state index contributed by atoms with van der Waals surface area (Å²) in [6, 6.07) is 12.7.